The van der Waals surface area contributed by atoms with E-state index in [2.05, 4.69) is 24.7 Å². The third-order valence-electron chi connectivity index (χ3n) is 3.69. The number of alkyl halides is 2. The molecule has 1 amide bonds. The molecule has 0 saturated heterocycles. The zero-order valence-corrected chi connectivity index (χ0v) is 18.4. The summed E-state index contributed by atoms with van der Waals surface area (Å²) in [4.78, 5) is 21.7. The molecule has 0 unspecified atom stereocenters. The van der Waals surface area contributed by atoms with Crippen LogP contribution in [-0.4, -0.2) is 37.2 Å². The van der Waals surface area contributed by atoms with Gasteiger partial charge >= 0.3 is 6.61 Å². The molecule has 2 N–H and O–H groups in total. The molecule has 0 fully saturated rings. The van der Waals surface area contributed by atoms with Gasteiger partial charge in [0, 0.05) is 21.2 Å². The molecule has 0 radical (unpaired) electrons. The van der Waals surface area contributed by atoms with Crippen molar-refractivity contribution in [2.24, 2.45) is 0 Å². The molecule has 0 spiro atoms. The summed E-state index contributed by atoms with van der Waals surface area (Å²) in [6.07, 6.45) is 3.23. The van der Waals surface area contributed by atoms with Crippen LogP contribution in [0.2, 0.25) is 5.02 Å². The number of sulfonamides is 1. The Balaban J connectivity index is 1.80. The Morgan fingerprint density at radius 1 is 1.16 bits per heavy atom. The van der Waals surface area contributed by atoms with Gasteiger partial charge in [0.15, 0.2) is 11.6 Å². The molecule has 8 nitrogen and oxygen atoms in total. The largest absolute Gasteiger partial charge is 0.432 e. The van der Waals surface area contributed by atoms with Crippen molar-refractivity contribution in [3.63, 3.8) is 0 Å². The number of anilines is 2. The molecule has 0 aliphatic heterocycles. The number of benzene rings is 1. The van der Waals surface area contributed by atoms with E-state index in [1.54, 1.807) is 13.0 Å². The number of nitrogens with one attached hydrogen (secondary N) is 2. The molecule has 2 aromatic heterocycles. The smallest absolute Gasteiger partial charge is 0.387 e. The van der Waals surface area contributed by atoms with E-state index in [0.717, 1.165) is 23.5 Å². The molecule has 2 heterocycles. The zero-order valence-electron chi connectivity index (χ0n) is 16.0. The molecule has 31 heavy (non-hydrogen) atoms. The molecule has 1 aromatic carbocycles. The van der Waals surface area contributed by atoms with Crippen LogP contribution in [0.3, 0.4) is 0 Å². The first-order chi connectivity index (χ1) is 14.5. The highest BCUT2D eigenvalue weighted by atomic mass is 35.5. The van der Waals surface area contributed by atoms with Gasteiger partial charge in [-0.15, -0.1) is 11.3 Å². The van der Waals surface area contributed by atoms with E-state index in [-0.39, 0.29) is 22.3 Å². The van der Waals surface area contributed by atoms with Gasteiger partial charge in [0.1, 0.15) is 0 Å². The van der Waals surface area contributed by atoms with Crippen LogP contribution in [0.15, 0.2) is 36.7 Å². The topological polar surface area (TPSA) is 110 Å². The van der Waals surface area contributed by atoms with Crippen molar-refractivity contribution in [2.75, 3.05) is 16.3 Å². The molecular weight excluding hydrogens is 474 g/mol. The van der Waals surface area contributed by atoms with Crippen LogP contribution in [0.5, 0.6) is 5.75 Å². The van der Waals surface area contributed by atoms with Gasteiger partial charge in [-0.25, -0.2) is 18.4 Å². The van der Waals surface area contributed by atoms with Gasteiger partial charge in [-0.3, -0.25) is 9.52 Å². The maximum absolute atomic E-state index is 12.7. The Hall–Kier alpha value is -2.83. The van der Waals surface area contributed by atoms with Crippen molar-refractivity contribution < 1.29 is 26.7 Å². The van der Waals surface area contributed by atoms with Gasteiger partial charge in [0.2, 0.25) is 10.0 Å². The molecule has 0 atom stereocenters. The lowest BCUT2D eigenvalue weighted by Crippen LogP contribution is -2.12. The molecule has 0 aliphatic rings. The van der Waals surface area contributed by atoms with Crippen molar-refractivity contribution in [1.82, 2.24) is 9.97 Å². The van der Waals surface area contributed by atoms with Crippen molar-refractivity contribution in [2.45, 2.75) is 13.5 Å². The average Bonchev–Trinajstić information content (AvgIpc) is 3.02. The van der Waals surface area contributed by atoms with E-state index < -0.39 is 22.5 Å². The maximum atomic E-state index is 12.7. The Kier molecular flexibility index (Phi) is 6.72. The van der Waals surface area contributed by atoms with E-state index in [9.17, 15) is 22.0 Å². The molecule has 3 rings (SSSR count). The SMILES string of the molecule is Cc1sc(C(=O)Nc2cc(Cl)cc(NS(C)(=O)=O)c2)cc1-c1ncc(OC(F)F)cn1. The van der Waals surface area contributed by atoms with E-state index in [1.807, 2.05) is 0 Å². The maximum Gasteiger partial charge on any atom is 0.387 e. The van der Waals surface area contributed by atoms with Crippen molar-refractivity contribution in [1.29, 1.82) is 0 Å². The Morgan fingerprint density at radius 3 is 2.42 bits per heavy atom. The normalized spacial score (nSPS) is 11.4. The minimum atomic E-state index is -3.52. The fourth-order valence-corrected chi connectivity index (χ4v) is 4.25. The fourth-order valence-electron chi connectivity index (χ4n) is 2.56. The monoisotopic (exact) mass is 488 g/mol. The van der Waals surface area contributed by atoms with Gasteiger partial charge < -0.3 is 10.1 Å². The highest BCUT2D eigenvalue weighted by molar-refractivity contribution is 7.92. The van der Waals surface area contributed by atoms with E-state index >= 15 is 0 Å². The quantitative estimate of drug-likeness (QED) is 0.510. The second-order valence-electron chi connectivity index (χ2n) is 6.26. The van der Waals surface area contributed by atoms with Crippen LogP contribution in [0.1, 0.15) is 14.5 Å². The van der Waals surface area contributed by atoms with Crippen LogP contribution in [-0.2, 0) is 10.0 Å². The summed E-state index contributed by atoms with van der Waals surface area (Å²) in [5.74, 6) is -0.384. The van der Waals surface area contributed by atoms with E-state index in [0.29, 0.717) is 16.1 Å². The number of thiophene rings is 1. The first-order valence-electron chi connectivity index (χ1n) is 8.47. The Bertz CT molecular complexity index is 1220. The summed E-state index contributed by atoms with van der Waals surface area (Å²) < 4.78 is 53.8. The summed E-state index contributed by atoms with van der Waals surface area (Å²) in [7, 11) is -3.52. The summed E-state index contributed by atoms with van der Waals surface area (Å²) in [5, 5.41) is 2.88. The Morgan fingerprint density at radius 2 is 1.81 bits per heavy atom. The predicted octanol–water partition coefficient (Wildman–Crippen LogP) is 4.39. The van der Waals surface area contributed by atoms with Crippen molar-refractivity contribution in [3.8, 4) is 17.1 Å². The number of hydrogen-bond acceptors (Lipinski definition) is 7. The first-order valence-corrected chi connectivity index (χ1v) is 11.6. The highest BCUT2D eigenvalue weighted by Crippen LogP contribution is 2.30. The van der Waals surface area contributed by atoms with Crippen LogP contribution in [0.25, 0.3) is 11.4 Å². The summed E-state index contributed by atoms with van der Waals surface area (Å²) >= 11 is 7.19. The molecule has 3 aromatic rings. The highest BCUT2D eigenvalue weighted by Gasteiger charge is 2.17. The van der Waals surface area contributed by atoms with E-state index in [1.165, 1.54) is 29.5 Å². The number of ether oxygens (including phenoxy) is 1. The summed E-state index contributed by atoms with van der Waals surface area (Å²) in [5.41, 5.74) is 1.05. The average molecular weight is 489 g/mol. The van der Waals surface area contributed by atoms with Crippen LogP contribution in [0, 0.1) is 6.92 Å². The molecule has 13 heteroatoms. The number of amides is 1. The van der Waals surface area contributed by atoms with Gasteiger partial charge in [-0.1, -0.05) is 11.6 Å². The first kappa shape index (κ1) is 22.8. The molecule has 164 valence electrons. The van der Waals surface area contributed by atoms with Gasteiger partial charge in [-0.05, 0) is 31.2 Å². The summed E-state index contributed by atoms with van der Waals surface area (Å²) in [6.45, 7) is -1.22. The number of aromatic nitrogens is 2. The van der Waals surface area contributed by atoms with Crippen LogP contribution >= 0.6 is 22.9 Å². The number of nitrogens with zero attached hydrogens (tertiary/aromatic N) is 2. The fraction of sp³-hybridized carbons (Fsp3) is 0.167. The minimum Gasteiger partial charge on any atom is -0.432 e. The number of aryl methyl sites for hydroxylation is 1. The lowest BCUT2D eigenvalue weighted by molar-refractivity contribution is -0.0503. The second-order valence-corrected chi connectivity index (χ2v) is 9.70. The zero-order chi connectivity index (χ0) is 22.8. The molecule has 0 aliphatic carbocycles. The standard InChI is InChI=1S/C18H15ClF2N4O4S2/c1-9-14(16-22-7-13(8-23-16)29-18(20)21)6-15(30-9)17(26)24-11-3-10(19)4-12(5-11)25-31(2,27)28/h3-8,18,25H,1-2H3,(H,24,26). The Labute approximate surface area is 185 Å². The number of carbonyl (C=O) groups is 1. The predicted molar refractivity (Wildman–Crippen MR) is 115 cm³/mol. The second kappa shape index (κ2) is 9.12. The molecular formula is C18H15ClF2N4O4S2. The lowest BCUT2D eigenvalue weighted by Gasteiger charge is -2.09. The number of carbonyl (C=O) groups excluding carboxylic acids is 1. The number of hydrogen-bond donors (Lipinski definition) is 2. The summed E-state index contributed by atoms with van der Waals surface area (Å²) in [6, 6.07) is 5.87. The molecule has 0 saturated carbocycles. The van der Waals surface area contributed by atoms with Gasteiger partial charge in [0.25, 0.3) is 5.91 Å². The van der Waals surface area contributed by atoms with Crippen molar-refractivity contribution >= 4 is 50.2 Å². The van der Waals surface area contributed by atoms with E-state index in [4.69, 9.17) is 11.6 Å². The van der Waals surface area contributed by atoms with Gasteiger partial charge in [-0.2, -0.15) is 8.78 Å². The van der Waals surface area contributed by atoms with Gasteiger partial charge in [0.05, 0.1) is 29.2 Å². The van der Waals surface area contributed by atoms with Crippen LogP contribution < -0.4 is 14.8 Å². The minimum absolute atomic E-state index is 0.177. The third kappa shape index (κ3) is 6.32. The van der Waals surface area contributed by atoms with Crippen molar-refractivity contribution in [3.05, 3.63) is 51.4 Å². The number of rotatable bonds is 7. The number of halogens is 3. The third-order valence-corrected chi connectivity index (χ3v) is 5.57. The lowest BCUT2D eigenvalue weighted by atomic mass is 10.2. The van der Waals surface area contributed by atoms with Crippen LogP contribution in [0.4, 0.5) is 20.2 Å². The molecule has 0 bridgehead atoms.